The number of rotatable bonds is 3. The fourth-order valence-corrected chi connectivity index (χ4v) is 3.54. The first-order valence-corrected chi connectivity index (χ1v) is 8.19. The monoisotopic (exact) mass is 276 g/mol. The lowest BCUT2D eigenvalue weighted by Gasteiger charge is -2.25. The van der Waals surface area contributed by atoms with Crippen molar-refractivity contribution in [3.8, 4) is 0 Å². The molecule has 1 nitrogen and oxygen atoms in total. The summed E-state index contributed by atoms with van der Waals surface area (Å²) >= 11 is 2.89. The van der Waals surface area contributed by atoms with Crippen LogP contribution in [0.3, 0.4) is 0 Å². The second-order valence-electron chi connectivity index (χ2n) is 4.29. The van der Waals surface area contributed by atoms with Gasteiger partial charge in [-0.1, -0.05) is 48.2 Å². The molecule has 0 heterocycles. The summed E-state index contributed by atoms with van der Waals surface area (Å²) in [5, 5.41) is 2.59. The highest BCUT2D eigenvalue weighted by Gasteiger charge is 2.33. The molecule has 0 aromatic heterocycles. The smallest absolute Gasteiger partial charge is 0.208 e. The van der Waals surface area contributed by atoms with Crippen molar-refractivity contribution in [2.75, 3.05) is 12.5 Å². The van der Waals surface area contributed by atoms with Crippen LogP contribution in [0.4, 0.5) is 0 Å². The molecular weight excluding hydrogens is 260 g/mol. The first-order chi connectivity index (χ1) is 8.61. The maximum atomic E-state index is 12.1. The number of carbonyl (C=O) groups is 1. The van der Waals surface area contributed by atoms with E-state index in [4.69, 9.17) is 0 Å². The third-order valence-corrected chi connectivity index (χ3v) is 5.43. The van der Waals surface area contributed by atoms with E-state index in [9.17, 15) is 4.79 Å². The van der Waals surface area contributed by atoms with Crippen molar-refractivity contribution in [2.45, 2.75) is 11.7 Å². The summed E-state index contributed by atoms with van der Waals surface area (Å²) in [6.07, 6.45) is 3.83. The molecule has 0 saturated carbocycles. The molecule has 0 bridgehead atoms. The van der Waals surface area contributed by atoms with Crippen LogP contribution in [0.2, 0.25) is 0 Å². The Kier molecular flexibility index (Phi) is 4.03. The van der Waals surface area contributed by atoms with Crippen molar-refractivity contribution in [1.82, 2.24) is 0 Å². The molecule has 1 atom stereocenters. The maximum Gasteiger partial charge on any atom is 0.208 e. The second-order valence-corrected chi connectivity index (χ2v) is 6.29. The van der Waals surface area contributed by atoms with Gasteiger partial charge in [-0.15, -0.1) is 11.8 Å². The zero-order valence-electron chi connectivity index (χ0n) is 10.8. The average molecular weight is 276 g/mol. The molecule has 0 aliphatic carbocycles. The summed E-state index contributed by atoms with van der Waals surface area (Å²) < 4.78 is -0.469. The van der Waals surface area contributed by atoms with Crippen molar-refractivity contribution >= 4 is 39.4 Å². The molecule has 2 rings (SSSR count). The van der Waals surface area contributed by atoms with E-state index in [-0.39, 0.29) is 5.12 Å². The average Bonchev–Trinajstić information content (AvgIpc) is 2.44. The largest absolute Gasteiger partial charge is 0.285 e. The lowest BCUT2D eigenvalue weighted by molar-refractivity contribution is -0.112. The lowest BCUT2D eigenvalue weighted by Crippen LogP contribution is -2.26. The van der Waals surface area contributed by atoms with Crippen molar-refractivity contribution in [2.24, 2.45) is 0 Å². The van der Waals surface area contributed by atoms with E-state index in [0.717, 1.165) is 5.56 Å². The van der Waals surface area contributed by atoms with Gasteiger partial charge in [-0.25, -0.2) is 0 Å². The van der Waals surface area contributed by atoms with E-state index >= 15 is 0 Å². The van der Waals surface area contributed by atoms with E-state index in [2.05, 4.69) is 30.3 Å². The molecule has 2 aromatic carbocycles. The molecule has 0 radical (unpaired) electrons. The van der Waals surface area contributed by atoms with Gasteiger partial charge >= 0.3 is 0 Å². The molecule has 94 valence electrons. The van der Waals surface area contributed by atoms with Gasteiger partial charge in [0.15, 0.2) is 0 Å². The number of benzene rings is 2. The van der Waals surface area contributed by atoms with Crippen LogP contribution in [0.15, 0.2) is 42.5 Å². The van der Waals surface area contributed by atoms with Gasteiger partial charge in [0.25, 0.3) is 0 Å². The van der Waals surface area contributed by atoms with Crippen molar-refractivity contribution < 1.29 is 4.79 Å². The number of hydrogen-bond donors (Lipinski definition) is 0. The highest BCUT2D eigenvalue weighted by molar-refractivity contribution is 8.15. The lowest BCUT2D eigenvalue weighted by atomic mass is 9.98. The minimum absolute atomic E-state index is 0.199. The first kappa shape index (κ1) is 13.5. The van der Waals surface area contributed by atoms with Gasteiger partial charge in [0.1, 0.15) is 4.75 Å². The third-order valence-electron chi connectivity index (χ3n) is 3.28. The Bertz CT molecular complexity index is 579. The van der Waals surface area contributed by atoms with Crippen LogP contribution in [-0.2, 0) is 9.54 Å². The van der Waals surface area contributed by atoms with E-state index in [1.54, 1.807) is 11.8 Å². The Labute approximate surface area is 116 Å². The SMILES string of the molecule is CSC(=O)[C@](C)(SC)c1ccc2ccccc2c1. The maximum absolute atomic E-state index is 12.1. The molecule has 0 amide bonds. The number of carbonyl (C=O) groups excluding carboxylic acids is 1. The van der Waals surface area contributed by atoms with Gasteiger partial charge in [0.2, 0.25) is 5.12 Å². The van der Waals surface area contributed by atoms with Crippen molar-refractivity contribution in [1.29, 1.82) is 0 Å². The summed E-state index contributed by atoms with van der Waals surface area (Å²) in [6.45, 7) is 2.00. The third kappa shape index (κ3) is 2.29. The van der Waals surface area contributed by atoms with Gasteiger partial charge in [0.05, 0.1) is 0 Å². The van der Waals surface area contributed by atoms with Crippen LogP contribution in [0.25, 0.3) is 10.8 Å². The van der Waals surface area contributed by atoms with Crippen LogP contribution in [0.1, 0.15) is 12.5 Å². The predicted octanol–water partition coefficient (Wildman–Crippen LogP) is 4.31. The zero-order valence-corrected chi connectivity index (χ0v) is 12.4. The molecule has 0 spiro atoms. The van der Waals surface area contributed by atoms with E-state index in [0.29, 0.717) is 0 Å². The van der Waals surface area contributed by atoms with Crippen LogP contribution < -0.4 is 0 Å². The Morgan fingerprint density at radius 1 is 1.06 bits per heavy atom. The van der Waals surface area contributed by atoms with Crippen LogP contribution in [0.5, 0.6) is 0 Å². The Hall–Kier alpha value is -0.930. The minimum Gasteiger partial charge on any atom is -0.285 e. The van der Waals surface area contributed by atoms with E-state index in [1.807, 2.05) is 31.6 Å². The molecule has 2 aromatic rings. The van der Waals surface area contributed by atoms with Crippen LogP contribution >= 0.6 is 23.5 Å². The minimum atomic E-state index is -0.469. The fraction of sp³-hybridized carbons (Fsp3) is 0.267. The molecule has 0 aliphatic heterocycles. The quantitative estimate of drug-likeness (QED) is 0.831. The number of thioether (sulfide) groups is 2. The fourth-order valence-electron chi connectivity index (χ4n) is 2.00. The normalized spacial score (nSPS) is 14.4. The molecular formula is C15H16OS2. The van der Waals surface area contributed by atoms with Gasteiger partial charge < -0.3 is 0 Å². The summed E-state index contributed by atoms with van der Waals surface area (Å²) in [7, 11) is 0. The topological polar surface area (TPSA) is 17.1 Å². The molecule has 0 unspecified atom stereocenters. The first-order valence-electron chi connectivity index (χ1n) is 5.74. The second kappa shape index (κ2) is 5.37. The van der Waals surface area contributed by atoms with Gasteiger partial charge in [-0.3, -0.25) is 4.79 Å². The van der Waals surface area contributed by atoms with Crippen molar-refractivity contribution in [3.63, 3.8) is 0 Å². The molecule has 3 heteroatoms. The Balaban J connectivity index is 2.55. The highest BCUT2D eigenvalue weighted by atomic mass is 32.2. The van der Waals surface area contributed by atoms with E-state index < -0.39 is 4.75 Å². The summed E-state index contributed by atoms with van der Waals surface area (Å²) in [6, 6.07) is 14.5. The molecule has 0 saturated heterocycles. The number of fused-ring (bicyclic) bond motifs is 1. The molecule has 0 fully saturated rings. The van der Waals surface area contributed by atoms with Gasteiger partial charge in [-0.2, -0.15) is 0 Å². The van der Waals surface area contributed by atoms with Crippen LogP contribution in [0, 0.1) is 0 Å². The van der Waals surface area contributed by atoms with Gasteiger partial charge in [0, 0.05) is 0 Å². The molecule has 0 aliphatic rings. The van der Waals surface area contributed by atoms with Crippen molar-refractivity contribution in [3.05, 3.63) is 48.0 Å². The standard InChI is InChI=1S/C15H16OS2/c1-15(18-3,14(16)17-2)13-9-8-11-6-4-5-7-12(11)10-13/h4-10H,1-3H3/t15-/m1/s1. The molecule has 18 heavy (non-hydrogen) atoms. The summed E-state index contributed by atoms with van der Waals surface area (Å²) in [5.41, 5.74) is 1.08. The van der Waals surface area contributed by atoms with E-state index in [1.165, 1.54) is 22.5 Å². The summed E-state index contributed by atoms with van der Waals surface area (Å²) in [5.74, 6) is 0. The van der Waals surface area contributed by atoms with Crippen LogP contribution in [-0.4, -0.2) is 17.6 Å². The summed E-state index contributed by atoms with van der Waals surface area (Å²) in [4.78, 5) is 12.1. The Morgan fingerprint density at radius 3 is 2.33 bits per heavy atom. The predicted molar refractivity (Wildman–Crippen MR) is 83.3 cm³/mol. The highest BCUT2D eigenvalue weighted by Crippen LogP contribution is 2.39. The number of hydrogen-bond acceptors (Lipinski definition) is 3. The molecule has 0 N–H and O–H groups in total. The van der Waals surface area contributed by atoms with Gasteiger partial charge in [-0.05, 0) is 41.8 Å². The Morgan fingerprint density at radius 2 is 1.72 bits per heavy atom. The zero-order chi connectivity index (χ0) is 13.2.